The van der Waals surface area contributed by atoms with E-state index in [-0.39, 0.29) is 11.5 Å². The number of carbonyl (C=O) groups is 2. The average molecular weight is 319 g/mol. The Kier molecular flexibility index (Phi) is 3.98. The number of fused-ring (bicyclic) bond motifs is 1. The van der Waals surface area contributed by atoms with Crippen LogP contribution in [0.25, 0.3) is 0 Å². The fraction of sp³-hybridized carbons (Fsp3) is 0.200. The SMILES string of the molecule is O=C(O)c1ccc(NC(=O)c2cc3c(s2)CCSC3)cc1. The normalized spacial score (nSPS) is 13.5. The van der Waals surface area contributed by atoms with Gasteiger partial charge in [-0.15, -0.1) is 11.3 Å². The summed E-state index contributed by atoms with van der Waals surface area (Å²) in [5, 5.41) is 11.6. The molecule has 3 rings (SSSR count). The van der Waals surface area contributed by atoms with Crippen molar-refractivity contribution in [2.75, 3.05) is 11.1 Å². The third-order valence-corrected chi connectivity index (χ3v) is 5.48. The third kappa shape index (κ3) is 3.11. The van der Waals surface area contributed by atoms with E-state index >= 15 is 0 Å². The molecular formula is C15H13NO3S2. The van der Waals surface area contributed by atoms with Gasteiger partial charge in [0.15, 0.2) is 0 Å². The summed E-state index contributed by atoms with van der Waals surface area (Å²) in [5.74, 6) is 0.983. The lowest BCUT2D eigenvalue weighted by molar-refractivity contribution is 0.0696. The number of thioether (sulfide) groups is 1. The minimum Gasteiger partial charge on any atom is -0.478 e. The van der Waals surface area contributed by atoms with E-state index < -0.39 is 5.97 Å². The zero-order chi connectivity index (χ0) is 14.8. The van der Waals surface area contributed by atoms with Crippen LogP contribution in [0.2, 0.25) is 0 Å². The second-order valence-corrected chi connectivity index (χ2v) is 6.94. The molecule has 1 aromatic carbocycles. The lowest BCUT2D eigenvalue weighted by Gasteiger charge is -2.08. The quantitative estimate of drug-likeness (QED) is 0.909. The molecule has 21 heavy (non-hydrogen) atoms. The molecule has 1 amide bonds. The number of hydrogen-bond donors (Lipinski definition) is 2. The van der Waals surface area contributed by atoms with Gasteiger partial charge in [0.25, 0.3) is 5.91 Å². The van der Waals surface area contributed by atoms with E-state index in [4.69, 9.17) is 5.11 Å². The first-order valence-corrected chi connectivity index (χ1v) is 8.44. The summed E-state index contributed by atoms with van der Waals surface area (Å²) in [4.78, 5) is 25.0. The van der Waals surface area contributed by atoms with Crippen LogP contribution in [0.3, 0.4) is 0 Å². The van der Waals surface area contributed by atoms with Crippen LogP contribution in [-0.2, 0) is 12.2 Å². The number of anilines is 1. The van der Waals surface area contributed by atoms with Crippen molar-refractivity contribution in [3.63, 3.8) is 0 Å². The number of aromatic carboxylic acids is 1. The highest BCUT2D eigenvalue weighted by molar-refractivity contribution is 7.98. The van der Waals surface area contributed by atoms with E-state index in [0.29, 0.717) is 10.6 Å². The number of amides is 1. The van der Waals surface area contributed by atoms with Crippen LogP contribution in [0, 0.1) is 0 Å². The third-order valence-electron chi connectivity index (χ3n) is 3.24. The summed E-state index contributed by atoms with van der Waals surface area (Å²) in [6.07, 6.45) is 1.03. The van der Waals surface area contributed by atoms with E-state index in [1.54, 1.807) is 23.5 Å². The van der Waals surface area contributed by atoms with Gasteiger partial charge in [-0.1, -0.05) is 0 Å². The first kappa shape index (κ1) is 14.2. The summed E-state index contributed by atoms with van der Waals surface area (Å²) >= 11 is 3.44. The molecule has 0 saturated heterocycles. The zero-order valence-corrected chi connectivity index (χ0v) is 12.7. The van der Waals surface area contributed by atoms with Gasteiger partial charge in [0, 0.05) is 16.3 Å². The van der Waals surface area contributed by atoms with Crippen molar-refractivity contribution in [2.45, 2.75) is 12.2 Å². The van der Waals surface area contributed by atoms with Crippen LogP contribution >= 0.6 is 23.1 Å². The van der Waals surface area contributed by atoms with E-state index in [1.807, 2.05) is 17.8 Å². The van der Waals surface area contributed by atoms with Gasteiger partial charge in [0.1, 0.15) is 0 Å². The number of rotatable bonds is 3. The molecule has 2 aromatic rings. The van der Waals surface area contributed by atoms with Crippen LogP contribution in [-0.4, -0.2) is 22.7 Å². The molecular weight excluding hydrogens is 306 g/mol. The first-order chi connectivity index (χ1) is 10.1. The lowest BCUT2D eigenvalue weighted by atomic mass is 10.2. The van der Waals surface area contributed by atoms with Gasteiger partial charge in [-0.2, -0.15) is 11.8 Å². The van der Waals surface area contributed by atoms with E-state index in [1.165, 1.54) is 22.6 Å². The Hall–Kier alpha value is -1.79. The fourth-order valence-corrected chi connectivity index (χ4v) is 4.42. The Balaban J connectivity index is 1.73. The van der Waals surface area contributed by atoms with Gasteiger partial charge in [0.05, 0.1) is 10.4 Å². The molecule has 0 bridgehead atoms. The van der Waals surface area contributed by atoms with Crippen molar-refractivity contribution in [3.8, 4) is 0 Å². The minimum atomic E-state index is -0.976. The molecule has 0 saturated carbocycles. The van der Waals surface area contributed by atoms with Crippen LogP contribution < -0.4 is 5.32 Å². The molecule has 0 atom stereocenters. The van der Waals surface area contributed by atoms with Crippen molar-refractivity contribution < 1.29 is 14.7 Å². The van der Waals surface area contributed by atoms with Crippen molar-refractivity contribution in [3.05, 3.63) is 51.2 Å². The molecule has 0 fully saturated rings. The predicted octanol–water partition coefficient (Wildman–Crippen LogP) is 3.49. The molecule has 4 nitrogen and oxygen atoms in total. The summed E-state index contributed by atoms with van der Waals surface area (Å²) in [7, 11) is 0. The summed E-state index contributed by atoms with van der Waals surface area (Å²) in [6, 6.07) is 8.13. The monoisotopic (exact) mass is 319 g/mol. The number of hydrogen-bond acceptors (Lipinski definition) is 4. The molecule has 2 N–H and O–H groups in total. The van der Waals surface area contributed by atoms with Crippen molar-refractivity contribution in [1.82, 2.24) is 0 Å². The molecule has 1 aliphatic heterocycles. The predicted molar refractivity (Wildman–Crippen MR) is 85.5 cm³/mol. The summed E-state index contributed by atoms with van der Waals surface area (Å²) < 4.78 is 0. The summed E-state index contributed by atoms with van der Waals surface area (Å²) in [5.41, 5.74) is 2.07. The number of carbonyl (C=O) groups excluding carboxylic acids is 1. The molecule has 0 radical (unpaired) electrons. The standard InChI is InChI=1S/C15H13NO3S2/c17-14(13-7-10-8-20-6-5-12(10)21-13)16-11-3-1-9(2-4-11)15(18)19/h1-4,7H,5-6,8H2,(H,16,17)(H,18,19). The van der Waals surface area contributed by atoms with Crippen molar-refractivity contribution in [2.24, 2.45) is 0 Å². The molecule has 1 aromatic heterocycles. The first-order valence-electron chi connectivity index (χ1n) is 6.47. The Labute approximate surface area is 130 Å². The molecule has 1 aliphatic rings. The smallest absolute Gasteiger partial charge is 0.335 e. The van der Waals surface area contributed by atoms with E-state index in [9.17, 15) is 9.59 Å². The highest BCUT2D eigenvalue weighted by atomic mass is 32.2. The Morgan fingerprint density at radius 3 is 2.62 bits per heavy atom. The fourth-order valence-electron chi connectivity index (χ4n) is 2.15. The van der Waals surface area contributed by atoms with Gasteiger partial charge >= 0.3 is 5.97 Å². The van der Waals surface area contributed by atoms with E-state index in [2.05, 4.69) is 5.32 Å². The van der Waals surface area contributed by atoms with Crippen LogP contribution in [0.1, 0.15) is 30.5 Å². The number of nitrogens with one attached hydrogen (secondary N) is 1. The van der Waals surface area contributed by atoms with Gasteiger partial charge < -0.3 is 10.4 Å². The molecule has 6 heteroatoms. The highest BCUT2D eigenvalue weighted by Crippen LogP contribution is 2.32. The Bertz CT molecular complexity index is 668. The average Bonchev–Trinajstić information content (AvgIpc) is 2.92. The molecule has 108 valence electrons. The largest absolute Gasteiger partial charge is 0.478 e. The van der Waals surface area contributed by atoms with Crippen LogP contribution in [0.5, 0.6) is 0 Å². The lowest BCUT2D eigenvalue weighted by Crippen LogP contribution is -2.10. The van der Waals surface area contributed by atoms with E-state index in [0.717, 1.165) is 17.9 Å². The van der Waals surface area contributed by atoms with Gasteiger partial charge in [0.2, 0.25) is 0 Å². The second kappa shape index (κ2) is 5.91. The number of thiophene rings is 1. The number of benzene rings is 1. The van der Waals surface area contributed by atoms with Gasteiger partial charge in [-0.05, 0) is 48.1 Å². The van der Waals surface area contributed by atoms with Crippen molar-refractivity contribution in [1.29, 1.82) is 0 Å². The van der Waals surface area contributed by atoms with Gasteiger partial charge in [-0.3, -0.25) is 4.79 Å². The Morgan fingerprint density at radius 1 is 1.19 bits per heavy atom. The van der Waals surface area contributed by atoms with Gasteiger partial charge in [-0.25, -0.2) is 4.79 Å². The molecule has 0 spiro atoms. The topological polar surface area (TPSA) is 66.4 Å². The highest BCUT2D eigenvalue weighted by Gasteiger charge is 2.17. The number of carboxylic acids is 1. The molecule has 2 heterocycles. The number of aryl methyl sites for hydroxylation is 1. The van der Waals surface area contributed by atoms with Crippen LogP contribution in [0.15, 0.2) is 30.3 Å². The zero-order valence-electron chi connectivity index (χ0n) is 11.1. The summed E-state index contributed by atoms with van der Waals surface area (Å²) in [6.45, 7) is 0. The van der Waals surface area contributed by atoms with Crippen LogP contribution in [0.4, 0.5) is 5.69 Å². The maximum atomic E-state index is 12.2. The Morgan fingerprint density at radius 2 is 1.95 bits per heavy atom. The maximum absolute atomic E-state index is 12.2. The maximum Gasteiger partial charge on any atom is 0.335 e. The second-order valence-electron chi connectivity index (χ2n) is 4.70. The minimum absolute atomic E-state index is 0.137. The number of carboxylic acid groups (broad SMARTS) is 1. The molecule has 0 unspecified atom stereocenters. The molecule has 0 aliphatic carbocycles. The van der Waals surface area contributed by atoms with Crippen molar-refractivity contribution >= 4 is 40.7 Å².